The second-order valence-corrected chi connectivity index (χ2v) is 6.01. The number of benzene rings is 2. The van der Waals surface area contributed by atoms with Gasteiger partial charge >= 0.3 is 0 Å². The summed E-state index contributed by atoms with van der Waals surface area (Å²) in [6, 6.07) is 12.4. The summed E-state index contributed by atoms with van der Waals surface area (Å²) >= 11 is 0. The zero-order chi connectivity index (χ0) is 19.6. The van der Waals surface area contributed by atoms with Gasteiger partial charge in [0.25, 0.3) is 0 Å². The number of hydrogen-bond donors (Lipinski definition) is 2. The number of nitriles is 1. The van der Waals surface area contributed by atoms with E-state index in [4.69, 9.17) is 10.00 Å². The SMILES string of the molecule is CCNC(=NCc1cc(C#N)ccc1F)NCc1ccc(C)cc1OCC. The summed E-state index contributed by atoms with van der Waals surface area (Å²) in [6.07, 6.45) is 0. The van der Waals surface area contributed by atoms with Gasteiger partial charge in [-0.05, 0) is 50.6 Å². The molecule has 0 amide bonds. The maximum atomic E-state index is 13.9. The van der Waals surface area contributed by atoms with Crippen LogP contribution >= 0.6 is 0 Å². The van der Waals surface area contributed by atoms with Crippen LogP contribution in [0.1, 0.15) is 36.1 Å². The lowest BCUT2D eigenvalue weighted by molar-refractivity contribution is 0.336. The molecule has 142 valence electrons. The van der Waals surface area contributed by atoms with E-state index in [1.54, 1.807) is 0 Å². The number of rotatable bonds is 7. The van der Waals surface area contributed by atoms with E-state index in [0.717, 1.165) is 16.9 Å². The second kappa shape index (κ2) is 10.2. The average molecular weight is 368 g/mol. The molecule has 2 aromatic rings. The Morgan fingerprint density at radius 3 is 2.67 bits per heavy atom. The highest BCUT2D eigenvalue weighted by Gasteiger charge is 2.07. The van der Waals surface area contributed by atoms with Crippen molar-refractivity contribution in [3.8, 4) is 11.8 Å². The van der Waals surface area contributed by atoms with Crippen molar-refractivity contribution < 1.29 is 9.13 Å². The molecule has 6 heteroatoms. The highest BCUT2D eigenvalue weighted by molar-refractivity contribution is 5.79. The lowest BCUT2D eigenvalue weighted by Crippen LogP contribution is -2.36. The molecule has 0 saturated carbocycles. The monoisotopic (exact) mass is 368 g/mol. The van der Waals surface area contributed by atoms with Crippen molar-refractivity contribution in [3.63, 3.8) is 0 Å². The molecule has 2 aromatic carbocycles. The minimum atomic E-state index is -0.370. The molecule has 0 spiro atoms. The number of nitrogens with one attached hydrogen (secondary N) is 2. The summed E-state index contributed by atoms with van der Waals surface area (Å²) < 4.78 is 19.6. The van der Waals surface area contributed by atoms with Crippen molar-refractivity contribution in [2.75, 3.05) is 13.2 Å². The molecule has 2 N–H and O–H groups in total. The Hall–Kier alpha value is -3.07. The third-order valence-corrected chi connectivity index (χ3v) is 3.90. The second-order valence-electron chi connectivity index (χ2n) is 6.01. The van der Waals surface area contributed by atoms with E-state index < -0.39 is 0 Å². The molecule has 0 aliphatic rings. The van der Waals surface area contributed by atoms with Crippen LogP contribution < -0.4 is 15.4 Å². The van der Waals surface area contributed by atoms with Crippen LogP contribution in [-0.2, 0) is 13.1 Å². The molecule has 27 heavy (non-hydrogen) atoms. The van der Waals surface area contributed by atoms with E-state index in [-0.39, 0.29) is 12.4 Å². The summed E-state index contributed by atoms with van der Waals surface area (Å²) in [5.74, 6) is 1.04. The zero-order valence-corrected chi connectivity index (χ0v) is 16.0. The van der Waals surface area contributed by atoms with Crippen molar-refractivity contribution in [3.05, 3.63) is 64.5 Å². The Morgan fingerprint density at radius 2 is 1.96 bits per heavy atom. The Bertz CT molecular complexity index is 843. The third kappa shape index (κ3) is 6.00. The van der Waals surface area contributed by atoms with Crippen molar-refractivity contribution in [2.45, 2.75) is 33.9 Å². The molecule has 0 bridgehead atoms. The fourth-order valence-corrected chi connectivity index (χ4v) is 2.55. The summed E-state index contributed by atoms with van der Waals surface area (Å²) in [7, 11) is 0. The number of ether oxygens (including phenoxy) is 1. The minimum Gasteiger partial charge on any atom is -0.494 e. The van der Waals surface area contributed by atoms with Gasteiger partial charge in [0.15, 0.2) is 5.96 Å². The number of aryl methyl sites for hydroxylation is 1. The topological polar surface area (TPSA) is 69.4 Å². The van der Waals surface area contributed by atoms with Crippen LogP contribution in [0.15, 0.2) is 41.4 Å². The Labute approximate surface area is 159 Å². The molecular weight excluding hydrogens is 343 g/mol. The van der Waals surface area contributed by atoms with Gasteiger partial charge in [-0.25, -0.2) is 9.38 Å². The van der Waals surface area contributed by atoms with Crippen LogP contribution in [0.2, 0.25) is 0 Å². The molecule has 0 fully saturated rings. The number of guanidine groups is 1. The molecule has 0 atom stereocenters. The number of halogens is 1. The average Bonchev–Trinajstić information content (AvgIpc) is 2.66. The molecular formula is C21H25FN4O. The fourth-order valence-electron chi connectivity index (χ4n) is 2.55. The van der Waals surface area contributed by atoms with Crippen molar-refractivity contribution in [1.82, 2.24) is 10.6 Å². The van der Waals surface area contributed by atoms with Gasteiger partial charge in [0.05, 0.1) is 24.8 Å². The quantitative estimate of drug-likeness (QED) is 0.578. The summed E-state index contributed by atoms with van der Waals surface area (Å²) in [6.45, 7) is 7.89. The van der Waals surface area contributed by atoms with Gasteiger partial charge in [-0.3, -0.25) is 0 Å². The number of nitrogens with zero attached hydrogens (tertiary/aromatic N) is 2. The number of hydrogen-bond acceptors (Lipinski definition) is 3. The van der Waals surface area contributed by atoms with Crippen molar-refractivity contribution in [1.29, 1.82) is 5.26 Å². The Morgan fingerprint density at radius 1 is 1.15 bits per heavy atom. The first-order chi connectivity index (χ1) is 13.1. The molecule has 0 radical (unpaired) electrons. The van der Waals surface area contributed by atoms with E-state index >= 15 is 0 Å². The molecule has 5 nitrogen and oxygen atoms in total. The van der Waals surface area contributed by atoms with E-state index in [2.05, 4.69) is 15.6 Å². The fraction of sp³-hybridized carbons (Fsp3) is 0.333. The van der Waals surface area contributed by atoms with E-state index in [1.807, 2.05) is 45.0 Å². The van der Waals surface area contributed by atoms with E-state index in [1.165, 1.54) is 18.2 Å². The van der Waals surface area contributed by atoms with Crippen LogP contribution in [0, 0.1) is 24.1 Å². The van der Waals surface area contributed by atoms with Crippen LogP contribution in [0.25, 0.3) is 0 Å². The smallest absolute Gasteiger partial charge is 0.191 e. The first kappa shape index (κ1) is 20.2. The molecule has 0 aliphatic heterocycles. The standard InChI is InChI=1S/C21H25FN4O/c1-4-24-21(26-14-18-11-16(12-23)7-9-19(18)22)25-13-17-8-6-15(3)10-20(17)27-5-2/h6-11H,4-5,13-14H2,1-3H3,(H2,24,25,26). The van der Waals surface area contributed by atoms with Crippen molar-refractivity contribution >= 4 is 5.96 Å². The molecule has 0 saturated heterocycles. The van der Waals surface area contributed by atoms with Crippen LogP contribution in [-0.4, -0.2) is 19.1 Å². The van der Waals surface area contributed by atoms with Crippen LogP contribution in [0.4, 0.5) is 4.39 Å². The van der Waals surface area contributed by atoms with Gasteiger partial charge in [0.2, 0.25) is 0 Å². The maximum absolute atomic E-state index is 13.9. The normalized spacial score (nSPS) is 11.0. The molecule has 0 aromatic heterocycles. The van der Waals surface area contributed by atoms with E-state index in [9.17, 15) is 4.39 Å². The molecule has 0 aliphatic carbocycles. The predicted molar refractivity (Wildman–Crippen MR) is 105 cm³/mol. The maximum Gasteiger partial charge on any atom is 0.191 e. The largest absolute Gasteiger partial charge is 0.494 e. The van der Waals surface area contributed by atoms with Gasteiger partial charge in [-0.15, -0.1) is 0 Å². The van der Waals surface area contributed by atoms with E-state index in [0.29, 0.717) is 36.8 Å². The van der Waals surface area contributed by atoms with Crippen LogP contribution in [0.5, 0.6) is 5.75 Å². The van der Waals surface area contributed by atoms with Crippen LogP contribution in [0.3, 0.4) is 0 Å². The summed E-state index contributed by atoms with van der Waals surface area (Å²) in [5, 5.41) is 15.4. The Balaban J connectivity index is 2.12. The Kier molecular flexibility index (Phi) is 7.63. The first-order valence-electron chi connectivity index (χ1n) is 9.00. The molecule has 2 rings (SSSR count). The zero-order valence-electron chi connectivity index (χ0n) is 16.0. The summed E-state index contributed by atoms with van der Waals surface area (Å²) in [5.41, 5.74) is 2.96. The predicted octanol–water partition coefficient (Wildman–Crippen LogP) is 3.66. The van der Waals surface area contributed by atoms with Gasteiger partial charge in [0, 0.05) is 24.2 Å². The number of aliphatic imine (C=N–C) groups is 1. The lowest BCUT2D eigenvalue weighted by Gasteiger charge is -2.15. The van der Waals surface area contributed by atoms with Gasteiger partial charge in [-0.2, -0.15) is 5.26 Å². The van der Waals surface area contributed by atoms with Gasteiger partial charge in [0.1, 0.15) is 11.6 Å². The minimum absolute atomic E-state index is 0.142. The van der Waals surface area contributed by atoms with Crippen molar-refractivity contribution in [2.24, 2.45) is 4.99 Å². The third-order valence-electron chi connectivity index (χ3n) is 3.90. The highest BCUT2D eigenvalue weighted by Crippen LogP contribution is 2.20. The molecule has 0 heterocycles. The van der Waals surface area contributed by atoms with Gasteiger partial charge in [-0.1, -0.05) is 12.1 Å². The van der Waals surface area contributed by atoms with Gasteiger partial charge < -0.3 is 15.4 Å². The highest BCUT2D eigenvalue weighted by atomic mass is 19.1. The summed E-state index contributed by atoms with van der Waals surface area (Å²) in [4.78, 5) is 4.43. The molecule has 0 unspecified atom stereocenters. The lowest BCUT2D eigenvalue weighted by atomic mass is 10.1. The first-order valence-corrected chi connectivity index (χ1v) is 9.00.